The fraction of sp³-hybridized carbons (Fsp3) is 0.588. The molecule has 9 heteroatoms. The molecule has 330 valence electrons. The highest BCUT2D eigenvalue weighted by atomic mass is 17.2. The first-order chi connectivity index (χ1) is 29.6. The Hall–Kier alpha value is -4.05. The Morgan fingerprint density at radius 2 is 1.20 bits per heavy atom. The smallest absolute Gasteiger partial charge is 0.373 e. The van der Waals surface area contributed by atoms with Crippen LogP contribution in [-0.2, 0) is 24.0 Å². The number of hydrogen-bond donors (Lipinski definition) is 0. The molecule has 0 amide bonds. The topological polar surface area (TPSA) is 107 Å². The summed E-state index contributed by atoms with van der Waals surface area (Å²) < 4.78 is 23.1. The lowest BCUT2D eigenvalue weighted by Gasteiger charge is -2.29. The van der Waals surface area contributed by atoms with Crippen molar-refractivity contribution < 1.29 is 43.1 Å². The molecule has 3 aromatic rings. The molecular formula is C51H72O9. The number of unbranched alkanes of at least 4 members (excludes halogenated alkanes) is 12. The van der Waals surface area contributed by atoms with Crippen molar-refractivity contribution in [3.8, 4) is 11.5 Å². The van der Waals surface area contributed by atoms with Gasteiger partial charge in [-0.3, -0.25) is 4.89 Å². The molecule has 4 rings (SSSR count). The number of ether oxygens (including phenoxy) is 4. The van der Waals surface area contributed by atoms with Gasteiger partial charge in [0.1, 0.15) is 23.9 Å². The first-order valence-corrected chi connectivity index (χ1v) is 23.1. The Morgan fingerprint density at radius 3 is 1.87 bits per heavy atom. The molecule has 0 aliphatic heterocycles. The minimum absolute atomic E-state index is 0.361. The van der Waals surface area contributed by atoms with E-state index in [1.165, 1.54) is 56.9 Å². The molecule has 1 aliphatic carbocycles. The van der Waals surface area contributed by atoms with E-state index in [2.05, 4.69) is 19.1 Å². The summed E-state index contributed by atoms with van der Waals surface area (Å²) in [6, 6.07) is 24.1. The van der Waals surface area contributed by atoms with Crippen molar-refractivity contribution in [1.29, 1.82) is 0 Å². The van der Waals surface area contributed by atoms with Gasteiger partial charge >= 0.3 is 11.9 Å². The van der Waals surface area contributed by atoms with E-state index < -0.39 is 12.1 Å². The predicted octanol–water partition coefficient (Wildman–Crippen LogP) is 12.6. The predicted molar refractivity (Wildman–Crippen MR) is 237 cm³/mol. The normalized spacial score (nSPS) is 15.6. The van der Waals surface area contributed by atoms with Gasteiger partial charge in [-0.2, -0.15) is 4.89 Å². The van der Waals surface area contributed by atoms with Crippen LogP contribution in [0.1, 0.15) is 174 Å². The van der Waals surface area contributed by atoms with E-state index in [0.717, 1.165) is 95.0 Å². The zero-order valence-electron chi connectivity index (χ0n) is 36.4. The summed E-state index contributed by atoms with van der Waals surface area (Å²) in [4.78, 5) is 45.9. The van der Waals surface area contributed by atoms with Gasteiger partial charge in [0.2, 0.25) is 0 Å². The second-order valence-electron chi connectivity index (χ2n) is 16.3. The molecule has 1 atom stereocenters. The quantitative estimate of drug-likeness (QED) is 0.0148. The van der Waals surface area contributed by atoms with Crippen molar-refractivity contribution in [1.82, 2.24) is 0 Å². The fourth-order valence-electron chi connectivity index (χ4n) is 7.75. The number of esters is 1. The van der Waals surface area contributed by atoms with Crippen LogP contribution in [0.15, 0.2) is 78.9 Å². The number of hydrogen-bond acceptors (Lipinski definition) is 9. The van der Waals surface area contributed by atoms with E-state index in [1.807, 2.05) is 30.3 Å². The molecular weight excluding hydrogens is 757 g/mol. The van der Waals surface area contributed by atoms with Crippen LogP contribution in [0, 0.1) is 5.92 Å². The second kappa shape index (κ2) is 30.9. The van der Waals surface area contributed by atoms with Gasteiger partial charge in [-0.15, -0.1) is 0 Å². The minimum atomic E-state index is -0.470. The third-order valence-corrected chi connectivity index (χ3v) is 11.5. The number of carbonyl (C=O) groups is 3. The van der Waals surface area contributed by atoms with Crippen molar-refractivity contribution in [2.45, 2.75) is 154 Å². The van der Waals surface area contributed by atoms with Gasteiger partial charge in [0.05, 0.1) is 24.3 Å². The molecule has 0 bridgehead atoms. The molecule has 0 N–H and O–H groups in total. The molecule has 1 aliphatic rings. The van der Waals surface area contributed by atoms with Crippen molar-refractivity contribution in [3.63, 3.8) is 0 Å². The standard InChI is InChI=1S/C51H72O9/c1-2-3-13-20-42-23-25-43(26-24-42)44-27-33-48(34-28-44)59-50(53)46-29-31-47(32-30-46)56-37-17-9-5-6-10-18-38-57-49(41-52)35-40-55-36-16-8-4-7-11-19-39-58-60-51(54)45-21-14-12-15-22-45/h12,14-15,21-22,27-34,41-43,49H,2-11,13,16-20,23-26,35-40H2,1H3. The van der Waals surface area contributed by atoms with E-state index in [-0.39, 0.29) is 5.97 Å². The van der Waals surface area contributed by atoms with E-state index in [4.69, 9.17) is 28.7 Å². The molecule has 0 radical (unpaired) electrons. The second-order valence-corrected chi connectivity index (χ2v) is 16.3. The van der Waals surface area contributed by atoms with Crippen LogP contribution in [0.5, 0.6) is 11.5 Å². The van der Waals surface area contributed by atoms with Gasteiger partial charge in [0, 0.05) is 26.2 Å². The first kappa shape index (κ1) is 48.6. The van der Waals surface area contributed by atoms with Crippen LogP contribution < -0.4 is 9.47 Å². The summed E-state index contributed by atoms with van der Waals surface area (Å²) in [5, 5.41) is 0. The van der Waals surface area contributed by atoms with Gasteiger partial charge < -0.3 is 23.7 Å². The van der Waals surface area contributed by atoms with Crippen LogP contribution in [-0.4, -0.2) is 57.4 Å². The molecule has 9 nitrogen and oxygen atoms in total. The number of benzene rings is 3. The lowest BCUT2D eigenvalue weighted by atomic mass is 9.77. The third kappa shape index (κ3) is 20.5. The number of rotatable bonds is 33. The van der Waals surface area contributed by atoms with Crippen LogP contribution in [0.25, 0.3) is 0 Å². The van der Waals surface area contributed by atoms with Crippen molar-refractivity contribution in [3.05, 3.63) is 95.6 Å². The monoisotopic (exact) mass is 829 g/mol. The van der Waals surface area contributed by atoms with Crippen LogP contribution in [0.2, 0.25) is 0 Å². The molecule has 0 spiro atoms. The first-order valence-electron chi connectivity index (χ1n) is 23.1. The van der Waals surface area contributed by atoms with Crippen LogP contribution >= 0.6 is 0 Å². The molecule has 0 heterocycles. The van der Waals surface area contributed by atoms with Crippen molar-refractivity contribution >= 4 is 18.2 Å². The Morgan fingerprint density at radius 1 is 0.600 bits per heavy atom. The number of aldehydes is 1. The number of carbonyl (C=O) groups excluding carboxylic acids is 3. The van der Waals surface area contributed by atoms with Crippen molar-refractivity contribution in [2.75, 3.05) is 33.0 Å². The molecule has 1 saturated carbocycles. The van der Waals surface area contributed by atoms with Gasteiger partial charge in [0.15, 0.2) is 0 Å². The molecule has 0 saturated heterocycles. The Labute approximate surface area is 360 Å². The Bertz CT molecular complexity index is 1550. The zero-order chi connectivity index (χ0) is 42.3. The van der Waals surface area contributed by atoms with E-state index in [1.54, 1.807) is 36.4 Å². The van der Waals surface area contributed by atoms with Gasteiger partial charge in [-0.05, 0) is 117 Å². The van der Waals surface area contributed by atoms with E-state index in [9.17, 15) is 14.4 Å². The highest BCUT2D eigenvalue weighted by molar-refractivity contribution is 5.91. The van der Waals surface area contributed by atoms with Crippen molar-refractivity contribution in [2.24, 2.45) is 5.92 Å². The molecule has 1 unspecified atom stereocenters. The maximum Gasteiger partial charge on any atom is 0.373 e. The summed E-state index contributed by atoms with van der Waals surface area (Å²) in [6.07, 6.45) is 24.1. The summed E-state index contributed by atoms with van der Waals surface area (Å²) >= 11 is 0. The zero-order valence-corrected chi connectivity index (χ0v) is 36.4. The lowest BCUT2D eigenvalue weighted by molar-refractivity contribution is -0.241. The summed E-state index contributed by atoms with van der Waals surface area (Å²) in [6.45, 7) is 5.10. The van der Waals surface area contributed by atoms with Gasteiger partial charge in [-0.25, -0.2) is 9.59 Å². The largest absolute Gasteiger partial charge is 0.494 e. The highest BCUT2D eigenvalue weighted by Crippen LogP contribution is 2.38. The average molecular weight is 829 g/mol. The summed E-state index contributed by atoms with van der Waals surface area (Å²) in [7, 11) is 0. The van der Waals surface area contributed by atoms with Crippen LogP contribution in [0.4, 0.5) is 0 Å². The molecule has 60 heavy (non-hydrogen) atoms. The minimum Gasteiger partial charge on any atom is -0.494 e. The molecule has 1 fully saturated rings. The van der Waals surface area contributed by atoms with E-state index >= 15 is 0 Å². The van der Waals surface area contributed by atoms with Gasteiger partial charge in [-0.1, -0.05) is 114 Å². The van der Waals surface area contributed by atoms with Gasteiger partial charge in [0.25, 0.3) is 0 Å². The maximum absolute atomic E-state index is 12.8. The Kier molecular flexibility index (Phi) is 25.0. The SMILES string of the molecule is CCCCCC1CCC(c2ccc(OC(=O)c3ccc(OCCCCCCCCOC(C=O)CCOCCCCCCCCOOC(=O)c4ccccc4)cc3)cc2)CC1. The Balaban J connectivity index is 0.906. The third-order valence-electron chi connectivity index (χ3n) is 11.5. The fourth-order valence-corrected chi connectivity index (χ4v) is 7.75. The molecule has 0 aromatic heterocycles. The van der Waals surface area contributed by atoms with E-state index in [0.29, 0.717) is 62.2 Å². The maximum atomic E-state index is 12.8. The lowest BCUT2D eigenvalue weighted by Crippen LogP contribution is -2.18. The average Bonchev–Trinajstić information content (AvgIpc) is 3.28. The summed E-state index contributed by atoms with van der Waals surface area (Å²) in [5.41, 5.74) is 2.34. The molecule has 3 aromatic carbocycles. The van der Waals surface area contributed by atoms with Crippen LogP contribution in [0.3, 0.4) is 0 Å². The summed E-state index contributed by atoms with van der Waals surface area (Å²) in [5.74, 6) is 2.01. The highest BCUT2D eigenvalue weighted by Gasteiger charge is 2.22.